The van der Waals surface area contributed by atoms with Crippen molar-refractivity contribution in [2.45, 2.75) is 44.1 Å². The molecule has 1 unspecified atom stereocenters. The van der Waals surface area contributed by atoms with E-state index in [0.717, 1.165) is 17.7 Å². The first-order valence-corrected chi connectivity index (χ1v) is 6.51. The summed E-state index contributed by atoms with van der Waals surface area (Å²) in [5, 5.41) is 13.8. The molecule has 3 rings (SSSR count). The van der Waals surface area contributed by atoms with Crippen LogP contribution in [0.2, 0.25) is 0 Å². The summed E-state index contributed by atoms with van der Waals surface area (Å²) in [4.78, 5) is 4.37. The number of nitrogens with two attached hydrogens (primary N) is 1. The summed E-state index contributed by atoms with van der Waals surface area (Å²) >= 11 is 0. The van der Waals surface area contributed by atoms with Gasteiger partial charge in [0.15, 0.2) is 5.82 Å². The Morgan fingerprint density at radius 2 is 1.94 bits per heavy atom. The zero-order valence-electron chi connectivity index (χ0n) is 9.88. The van der Waals surface area contributed by atoms with Crippen LogP contribution in [0, 0.1) is 11.8 Å². The van der Waals surface area contributed by atoms with Crippen LogP contribution < -0.4 is 5.73 Å². The molecule has 3 N–H and O–H groups in total. The van der Waals surface area contributed by atoms with Gasteiger partial charge in [-0.2, -0.15) is 4.98 Å². The highest BCUT2D eigenvalue weighted by atomic mass is 16.5. The van der Waals surface area contributed by atoms with E-state index in [-0.39, 0.29) is 0 Å². The second-order valence-electron chi connectivity index (χ2n) is 5.28. The summed E-state index contributed by atoms with van der Waals surface area (Å²) in [6.07, 6.45) is 4.92. The maximum Gasteiger partial charge on any atom is 0.255 e. The van der Waals surface area contributed by atoms with Crippen molar-refractivity contribution >= 4 is 0 Å². The molecule has 94 valence electrons. The average Bonchev–Trinajstić information content (AvgIpc) is 3.21. The topological polar surface area (TPSA) is 85.2 Å². The quantitative estimate of drug-likeness (QED) is 0.780. The molecule has 1 aromatic rings. The predicted octanol–water partition coefficient (Wildman–Crippen LogP) is 1.36. The third kappa shape index (κ3) is 2.35. The van der Waals surface area contributed by atoms with E-state index in [1.54, 1.807) is 0 Å². The Morgan fingerprint density at radius 1 is 1.29 bits per heavy atom. The van der Waals surface area contributed by atoms with E-state index in [1.165, 1.54) is 25.7 Å². The fourth-order valence-electron chi connectivity index (χ4n) is 2.52. The molecule has 17 heavy (non-hydrogen) atoms. The summed E-state index contributed by atoms with van der Waals surface area (Å²) in [6, 6.07) is 0. The number of hydrogen-bond donors (Lipinski definition) is 2. The molecule has 2 fully saturated rings. The molecule has 0 aromatic carbocycles. The zero-order valence-corrected chi connectivity index (χ0v) is 9.88. The van der Waals surface area contributed by atoms with Crippen molar-refractivity contribution < 1.29 is 9.63 Å². The molecule has 0 spiro atoms. The van der Waals surface area contributed by atoms with Crippen molar-refractivity contribution in [1.29, 1.82) is 0 Å². The molecule has 0 aliphatic heterocycles. The minimum atomic E-state index is -0.708. The van der Waals surface area contributed by atoms with E-state index in [2.05, 4.69) is 10.1 Å². The number of nitrogens with zero attached hydrogens (tertiary/aromatic N) is 2. The molecule has 2 saturated carbocycles. The largest absolute Gasteiger partial charge is 0.383 e. The molecule has 1 atom stereocenters. The first-order valence-electron chi connectivity index (χ1n) is 6.51. The van der Waals surface area contributed by atoms with Crippen LogP contribution in [0.3, 0.4) is 0 Å². The fourth-order valence-corrected chi connectivity index (χ4v) is 2.52. The summed E-state index contributed by atoms with van der Waals surface area (Å²) in [5.74, 6) is 3.11. The molecular weight excluding hydrogens is 218 g/mol. The number of aliphatic hydroxyl groups is 1. The predicted molar refractivity (Wildman–Crippen MR) is 61.1 cm³/mol. The Kier molecular flexibility index (Phi) is 2.88. The third-order valence-corrected chi connectivity index (χ3v) is 3.74. The van der Waals surface area contributed by atoms with Crippen molar-refractivity contribution in [1.82, 2.24) is 10.1 Å². The summed E-state index contributed by atoms with van der Waals surface area (Å²) in [7, 11) is 0. The molecule has 5 nitrogen and oxygen atoms in total. The highest BCUT2D eigenvalue weighted by Gasteiger charge is 2.44. The van der Waals surface area contributed by atoms with Gasteiger partial charge in [0, 0.05) is 5.92 Å². The summed E-state index contributed by atoms with van der Waals surface area (Å²) in [5.41, 5.74) is 5.40. The normalized spacial score (nSPS) is 22.1. The molecule has 1 aromatic heterocycles. The molecule has 2 aliphatic carbocycles. The van der Waals surface area contributed by atoms with Crippen molar-refractivity contribution in [2.75, 3.05) is 6.54 Å². The van der Waals surface area contributed by atoms with Crippen LogP contribution in [0.4, 0.5) is 0 Å². The molecular formula is C12H19N3O2. The monoisotopic (exact) mass is 237 g/mol. The SMILES string of the molecule is NCCC(O)c1nc(C(C2CC2)C2CC2)no1. The van der Waals surface area contributed by atoms with E-state index in [1.807, 2.05) is 0 Å². The Balaban J connectivity index is 1.73. The van der Waals surface area contributed by atoms with Gasteiger partial charge in [-0.05, 0) is 50.5 Å². The molecule has 5 heteroatoms. The maximum atomic E-state index is 9.75. The zero-order chi connectivity index (χ0) is 11.8. The lowest BCUT2D eigenvalue weighted by Gasteiger charge is -2.09. The minimum absolute atomic E-state index is 0.330. The van der Waals surface area contributed by atoms with Gasteiger partial charge in [0.25, 0.3) is 5.89 Å². The molecule has 2 aliphatic rings. The number of aliphatic hydroxyl groups excluding tert-OH is 1. The van der Waals surface area contributed by atoms with E-state index < -0.39 is 6.10 Å². The first-order chi connectivity index (χ1) is 8.29. The van der Waals surface area contributed by atoms with Crippen molar-refractivity contribution in [3.05, 3.63) is 11.7 Å². The lowest BCUT2D eigenvalue weighted by atomic mass is 9.97. The summed E-state index contributed by atoms with van der Waals surface area (Å²) in [6.45, 7) is 0.424. The van der Waals surface area contributed by atoms with Gasteiger partial charge in [-0.15, -0.1) is 0 Å². The Hall–Kier alpha value is -0.940. The number of hydrogen-bond acceptors (Lipinski definition) is 5. The first kappa shape index (κ1) is 11.2. The Morgan fingerprint density at radius 3 is 2.47 bits per heavy atom. The third-order valence-electron chi connectivity index (χ3n) is 3.74. The van der Waals surface area contributed by atoms with Crippen LogP contribution in [0.15, 0.2) is 4.52 Å². The maximum absolute atomic E-state index is 9.75. The van der Waals surface area contributed by atoms with Gasteiger partial charge in [0.2, 0.25) is 0 Å². The molecule has 0 bridgehead atoms. The van der Waals surface area contributed by atoms with Gasteiger partial charge in [0.1, 0.15) is 6.10 Å². The number of aromatic nitrogens is 2. The van der Waals surface area contributed by atoms with Crippen LogP contribution >= 0.6 is 0 Å². The second kappa shape index (κ2) is 4.38. The highest BCUT2D eigenvalue weighted by molar-refractivity contribution is 5.09. The van der Waals surface area contributed by atoms with Crippen LogP contribution in [0.1, 0.15) is 55.8 Å². The standard InChI is InChI=1S/C12H19N3O2/c13-6-5-9(16)12-14-11(15-17-12)10(7-1-2-7)8-3-4-8/h7-10,16H,1-6,13H2. The second-order valence-corrected chi connectivity index (χ2v) is 5.28. The fraction of sp³-hybridized carbons (Fsp3) is 0.833. The Labute approximate surface area is 100 Å². The molecule has 0 saturated heterocycles. The minimum Gasteiger partial charge on any atom is -0.383 e. The van der Waals surface area contributed by atoms with Crippen LogP contribution in [0.25, 0.3) is 0 Å². The Bertz CT molecular complexity index is 373. The highest BCUT2D eigenvalue weighted by Crippen LogP contribution is 2.53. The van der Waals surface area contributed by atoms with E-state index in [4.69, 9.17) is 10.3 Å². The van der Waals surface area contributed by atoms with Crippen molar-refractivity contribution in [2.24, 2.45) is 17.6 Å². The van der Waals surface area contributed by atoms with Gasteiger partial charge in [0.05, 0.1) is 0 Å². The van der Waals surface area contributed by atoms with Crippen LogP contribution in [-0.4, -0.2) is 21.8 Å². The van der Waals surface area contributed by atoms with E-state index in [0.29, 0.717) is 24.8 Å². The van der Waals surface area contributed by atoms with Crippen molar-refractivity contribution in [3.63, 3.8) is 0 Å². The van der Waals surface area contributed by atoms with Crippen molar-refractivity contribution in [3.8, 4) is 0 Å². The van der Waals surface area contributed by atoms with Crippen LogP contribution in [0.5, 0.6) is 0 Å². The van der Waals surface area contributed by atoms with Gasteiger partial charge in [-0.25, -0.2) is 0 Å². The molecule has 0 amide bonds. The lowest BCUT2D eigenvalue weighted by molar-refractivity contribution is 0.127. The van der Waals surface area contributed by atoms with Gasteiger partial charge >= 0.3 is 0 Å². The smallest absolute Gasteiger partial charge is 0.255 e. The molecule has 0 radical (unpaired) electrons. The van der Waals surface area contributed by atoms with Gasteiger partial charge in [-0.1, -0.05) is 5.16 Å². The average molecular weight is 237 g/mol. The van der Waals surface area contributed by atoms with E-state index in [9.17, 15) is 5.11 Å². The summed E-state index contributed by atoms with van der Waals surface area (Å²) < 4.78 is 5.15. The van der Waals surface area contributed by atoms with Gasteiger partial charge in [-0.3, -0.25) is 0 Å². The lowest BCUT2D eigenvalue weighted by Crippen LogP contribution is -2.08. The van der Waals surface area contributed by atoms with E-state index >= 15 is 0 Å². The number of rotatable bonds is 6. The molecule has 1 heterocycles. The van der Waals surface area contributed by atoms with Gasteiger partial charge < -0.3 is 15.4 Å². The van der Waals surface area contributed by atoms with Crippen LogP contribution in [-0.2, 0) is 0 Å².